The Labute approximate surface area is 112 Å². The molecule has 2 rings (SSSR count). The van der Waals surface area contributed by atoms with Crippen molar-refractivity contribution in [2.45, 2.75) is 6.54 Å². The van der Waals surface area contributed by atoms with Crippen molar-refractivity contribution >= 4 is 0 Å². The number of ether oxygens (including phenoxy) is 2. The predicted octanol–water partition coefficient (Wildman–Crippen LogP) is 0.992. The van der Waals surface area contributed by atoms with Gasteiger partial charge in [-0.25, -0.2) is 0 Å². The highest BCUT2D eigenvalue weighted by atomic mass is 16.5. The zero-order chi connectivity index (χ0) is 13.5. The Hall–Kier alpha value is -2.08. The van der Waals surface area contributed by atoms with Gasteiger partial charge in [-0.15, -0.1) is 5.10 Å². The predicted molar refractivity (Wildman–Crippen MR) is 71.2 cm³/mol. The second-order valence-electron chi connectivity index (χ2n) is 4.07. The summed E-state index contributed by atoms with van der Waals surface area (Å²) in [6.45, 7) is 1.74. The van der Waals surface area contributed by atoms with E-state index in [1.54, 1.807) is 18.1 Å². The van der Waals surface area contributed by atoms with Gasteiger partial charge >= 0.3 is 6.01 Å². The first-order valence-corrected chi connectivity index (χ1v) is 6.12. The molecule has 0 fully saturated rings. The van der Waals surface area contributed by atoms with Gasteiger partial charge in [-0.2, -0.15) is 4.98 Å². The number of nitrogens with one attached hydrogen (secondary N) is 1. The van der Waals surface area contributed by atoms with Gasteiger partial charge in [0.15, 0.2) is 0 Å². The van der Waals surface area contributed by atoms with Crippen LogP contribution >= 0.6 is 0 Å². The van der Waals surface area contributed by atoms with E-state index in [9.17, 15) is 0 Å². The summed E-state index contributed by atoms with van der Waals surface area (Å²) in [6, 6.07) is 8.34. The molecule has 6 heteroatoms. The summed E-state index contributed by atoms with van der Waals surface area (Å²) in [6.07, 6.45) is 1.59. The van der Waals surface area contributed by atoms with Gasteiger partial charge in [0.1, 0.15) is 25.3 Å². The number of benzene rings is 1. The van der Waals surface area contributed by atoms with Crippen LogP contribution in [0, 0.1) is 0 Å². The molecule has 0 atom stereocenters. The molecule has 0 radical (unpaired) electrons. The minimum absolute atomic E-state index is 0.371. The Bertz CT molecular complexity index is 496. The number of aromatic nitrogens is 3. The summed E-state index contributed by atoms with van der Waals surface area (Å²) in [7, 11) is 3.72. The highest BCUT2D eigenvalue weighted by molar-refractivity contribution is 5.27. The maximum atomic E-state index is 5.56. The van der Waals surface area contributed by atoms with E-state index in [0.717, 1.165) is 12.3 Å². The SMILES string of the molecule is CNCc1ccc(OCCOc2ncn(C)n2)cc1. The Morgan fingerprint density at radius 2 is 1.89 bits per heavy atom. The van der Waals surface area contributed by atoms with E-state index in [0.29, 0.717) is 19.2 Å². The molecule has 0 saturated carbocycles. The fourth-order valence-corrected chi connectivity index (χ4v) is 1.59. The van der Waals surface area contributed by atoms with Gasteiger partial charge in [-0.3, -0.25) is 4.68 Å². The van der Waals surface area contributed by atoms with Crippen LogP contribution in [0.15, 0.2) is 30.6 Å². The van der Waals surface area contributed by atoms with Crippen LogP contribution in [-0.4, -0.2) is 35.0 Å². The van der Waals surface area contributed by atoms with Crippen molar-refractivity contribution < 1.29 is 9.47 Å². The molecule has 1 aromatic carbocycles. The molecule has 2 aromatic rings. The zero-order valence-corrected chi connectivity index (χ0v) is 11.2. The molecule has 0 spiro atoms. The number of nitrogens with zero attached hydrogens (tertiary/aromatic N) is 3. The van der Waals surface area contributed by atoms with E-state index in [2.05, 4.69) is 15.4 Å². The van der Waals surface area contributed by atoms with Crippen molar-refractivity contribution in [3.63, 3.8) is 0 Å². The van der Waals surface area contributed by atoms with Gasteiger partial charge in [-0.1, -0.05) is 12.1 Å². The molecule has 1 N–H and O–H groups in total. The molecule has 0 aliphatic rings. The van der Waals surface area contributed by atoms with Crippen LogP contribution in [0.1, 0.15) is 5.56 Å². The van der Waals surface area contributed by atoms with Gasteiger partial charge in [0.2, 0.25) is 0 Å². The summed E-state index contributed by atoms with van der Waals surface area (Å²) in [5.41, 5.74) is 1.23. The van der Waals surface area contributed by atoms with E-state index in [1.807, 2.05) is 31.3 Å². The molecule has 0 saturated heterocycles. The quantitative estimate of drug-likeness (QED) is 0.754. The average Bonchev–Trinajstić information content (AvgIpc) is 2.83. The molecule has 0 aliphatic heterocycles. The lowest BCUT2D eigenvalue weighted by Crippen LogP contribution is -2.10. The minimum atomic E-state index is 0.371. The molecule has 0 aliphatic carbocycles. The lowest BCUT2D eigenvalue weighted by molar-refractivity contribution is 0.206. The molecular formula is C13H18N4O2. The largest absolute Gasteiger partial charge is 0.490 e. The van der Waals surface area contributed by atoms with Crippen LogP contribution in [0.5, 0.6) is 11.8 Å². The Kier molecular flexibility index (Phi) is 4.74. The highest BCUT2D eigenvalue weighted by Crippen LogP contribution is 2.11. The fraction of sp³-hybridized carbons (Fsp3) is 0.385. The number of aryl methyl sites for hydroxylation is 1. The smallest absolute Gasteiger partial charge is 0.335 e. The summed E-state index contributed by atoms with van der Waals surface area (Å²) in [5, 5.41) is 7.11. The lowest BCUT2D eigenvalue weighted by atomic mass is 10.2. The van der Waals surface area contributed by atoms with E-state index in [4.69, 9.17) is 9.47 Å². The molecular weight excluding hydrogens is 244 g/mol. The van der Waals surface area contributed by atoms with E-state index in [-0.39, 0.29) is 0 Å². The highest BCUT2D eigenvalue weighted by Gasteiger charge is 1.99. The van der Waals surface area contributed by atoms with Gasteiger partial charge in [-0.05, 0) is 24.7 Å². The maximum Gasteiger partial charge on any atom is 0.335 e. The number of hydrogen-bond donors (Lipinski definition) is 1. The van der Waals surface area contributed by atoms with Crippen LogP contribution in [0.3, 0.4) is 0 Å². The van der Waals surface area contributed by atoms with Crippen molar-refractivity contribution in [1.29, 1.82) is 0 Å². The Morgan fingerprint density at radius 1 is 1.16 bits per heavy atom. The molecule has 0 bridgehead atoms. The van der Waals surface area contributed by atoms with Crippen LogP contribution < -0.4 is 14.8 Å². The first-order chi connectivity index (χ1) is 9.28. The van der Waals surface area contributed by atoms with Crippen LogP contribution in [0.2, 0.25) is 0 Å². The van der Waals surface area contributed by atoms with E-state index in [1.165, 1.54) is 5.56 Å². The zero-order valence-electron chi connectivity index (χ0n) is 11.2. The summed E-state index contributed by atoms with van der Waals surface area (Å²) >= 11 is 0. The Morgan fingerprint density at radius 3 is 2.53 bits per heavy atom. The second-order valence-corrected chi connectivity index (χ2v) is 4.07. The number of hydrogen-bond acceptors (Lipinski definition) is 5. The van der Waals surface area contributed by atoms with Gasteiger partial charge in [0, 0.05) is 13.6 Å². The molecule has 1 aromatic heterocycles. The maximum absolute atomic E-state index is 5.56. The molecule has 0 amide bonds. The topological polar surface area (TPSA) is 61.2 Å². The Balaban J connectivity index is 1.70. The van der Waals surface area contributed by atoms with Crippen molar-refractivity contribution in [3.8, 4) is 11.8 Å². The number of rotatable bonds is 7. The van der Waals surface area contributed by atoms with Crippen LogP contribution in [-0.2, 0) is 13.6 Å². The van der Waals surface area contributed by atoms with Crippen molar-refractivity contribution in [2.75, 3.05) is 20.3 Å². The normalized spacial score (nSPS) is 10.4. The molecule has 19 heavy (non-hydrogen) atoms. The van der Waals surface area contributed by atoms with Crippen LogP contribution in [0.25, 0.3) is 0 Å². The van der Waals surface area contributed by atoms with Crippen LogP contribution in [0.4, 0.5) is 0 Å². The minimum Gasteiger partial charge on any atom is -0.490 e. The molecule has 102 valence electrons. The summed E-state index contributed by atoms with van der Waals surface area (Å²) in [5.74, 6) is 0.831. The van der Waals surface area contributed by atoms with E-state index < -0.39 is 0 Å². The molecule has 6 nitrogen and oxygen atoms in total. The van der Waals surface area contributed by atoms with Crippen molar-refractivity contribution in [1.82, 2.24) is 20.1 Å². The monoisotopic (exact) mass is 262 g/mol. The van der Waals surface area contributed by atoms with Gasteiger partial charge < -0.3 is 14.8 Å². The van der Waals surface area contributed by atoms with Crippen molar-refractivity contribution in [2.24, 2.45) is 7.05 Å². The molecule has 1 heterocycles. The third-order valence-electron chi connectivity index (χ3n) is 2.47. The fourth-order valence-electron chi connectivity index (χ4n) is 1.59. The second kappa shape index (κ2) is 6.75. The first kappa shape index (κ1) is 13.4. The van der Waals surface area contributed by atoms with Gasteiger partial charge in [0.25, 0.3) is 0 Å². The summed E-state index contributed by atoms with van der Waals surface area (Å²) in [4.78, 5) is 3.96. The van der Waals surface area contributed by atoms with Crippen molar-refractivity contribution in [3.05, 3.63) is 36.2 Å². The summed E-state index contributed by atoms with van der Waals surface area (Å²) < 4.78 is 12.5. The first-order valence-electron chi connectivity index (χ1n) is 6.12. The standard InChI is InChI=1S/C13H18N4O2/c1-14-9-11-3-5-12(6-4-11)18-7-8-19-13-15-10-17(2)16-13/h3-6,10,14H,7-9H2,1-2H3. The average molecular weight is 262 g/mol. The third-order valence-corrected chi connectivity index (χ3v) is 2.47. The van der Waals surface area contributed by atoms with E-state index >= 15 is 0 Å². The van der Waals surface area contributed by atoms with Gasteiger partial charge in [0.05, 0.1) is 0 Å². The third kappa shape index (κ3) is 4.26. The lowest BCUT2D eigenvalue weighted by Gasteiger charge is -2.07. The molecule has 0 unspecified atom stereocenters.